The number of rotatable bonds is 4. The van der Waals surface area contributed by atoms with Crippen LogP contribution in [-0.2, 0) is 18.5 Å². The van der Waals surface area contributed by atoms with Crippen LogP contribution in [0.25, 0.3) is 0 Å². The zero-order valence-corrected chi connectivity index (χ0v) is 12.7. The van der Waals surface area contributed by atoms with E-state index >= 15 is 0 Å². The summed E-state index contributed by atoms with van der Waals surface area (Å²) in [4.78, 5) is -0.190. The van der Waals surface area contributed by atoms with Crippen LogP contribution in [0.2, 0.25) is 0 Å². The minimum absolute atomic E-state index is 0.114. The Morgan fingerprint density at radius 3 is 2.20 bits per heavy atom. The summed E-state index contributed by atoms with van der Waals surface area (Å²) in [5, 5.41) is 0. The molecule has 0 aromatic heterocycles. The topological polar surface area (TPSA) is 71.1 Å². The van der Waals surface area contributed by atoms with Crippen LogP contribution in [-0.4, -0.2) is 42.5 Å². The van der Waals surface area contributed by atoms with Gasteiger partial charge in [0.25, 0.3) is 9.05 Å². The largest absolute Gasteiger partial charge is 0.495 e. The summed E-state index contributed by atoms with van der Waals surface area (Å²) in [6.07, 6.45) is -0.293. The molecule has 112 valence electrons. The van der Waals surface area contributed by atoms with Gasteiger partial charge in [0.1, 0.15) is 17.6 Å². The second-order valence-corrected chi connectivity index (χ2v) is 6.63. The average Bonchev–Trinajstić information content (AvgIpc) is 2.45. The molecule has 0 spiro atoms. The third kappa shape index (κ3) is 3.17. The molecular formula is C12H15ClO6S. The summed E-state index contributed by atoms with van der Waals surface area (Å²) in [6.45, 7) is 1.41. The summed E-state index contributed by atoms with van der Waals surface area (Å²) in [5.74, 6) is 0.229. The molecule has 1 aromatic rings. The highest BCUT2D eigenvalue weighted by Gasteiger charge is 2.26. The van der Waals surface area contributed by atoms with Crippen molar-refractivity contribution in [3.63, 3.8) is 0 Å². The van der Waals surface area contributed by atoms with E-state index < -0.39 is 9.05 Å². The third-order valence-electron chi connectivity index (χ3n) is 2.91. The first-order valence-corrected chi connectivity index (χ1v) is 8.18. The van der Waals surface area contributed by atoms with Crippen LogP contribution < -0.4 is 9.47 Å². The van der Waals surface area contributed by atoms with Crippen molar-refractivity contribution in [2.75, 3.05) is 34.0 Å². The predicted octanol–water partition coefficient (Wildman–Crippen LogP) is 1.72. The van der Waals surface area contributed by atoms with Crippen molar-refractivity contribution in [3.05, 3.63) is 17.7 Å². The molecule has 0 saturated carbocycles. The summed E-state index contributed by atoms with van der Waals surface area (Å²) in [6, 6.07) is 3.13. The van der Waals surface area contributed by atoms with E-state index in [1.54, 1.807) is 12.1 Å². The first kappa shape index (κ1) is 15.4. The second-order valence-electron chi connectivity index (χ2n) is 4.13. The van der Waals surface area contributed by atoms with Gasteiger partial charge in [-0.1, -0.05) is 0 Å². The summed E-state index contributed by atoms with van der Waals surface area (Å²) in [5.41, 5.74) is 0.711. The number of hydrogen-bond acceptors (Lipinski definition) is 6. The number of benzene rings is 1. The second kappa shape index (κ2) is 6.17. The van der Waals surface area contributed by atoms with Gasteiger partial charge >= 0.3 is 0 Å². The maximum absolute atomic E-state index is 11.6. The van der Waals surface area contributed by atoms with Crippen molar-refractivity contribution < 1.29 is 27.4 Å². The first-order valence-electron chi connectivity index (χ1n) is 5.87. The average molecular weight is 323 g/mol. The molecule has 1 saturated heterocycles. The van der Waals surface area contributed by atoms with Gasteiger partial charge in [0, 0.05) is 10.7 Å². The van der Waals surface area contributed by atoms with E-state index in [0.717, 1.165) is 0 Å². The molecule has 1 aliphatic heterocycles. The van der Waals surface area contributed by atoms with Crippen LogP contribution in [0.4, 0.5) is 0 Å². The Morgan fingerprint density at radius 2 is 1.80 bits per heavy atom. The first-order chi connectivity index (χ1) is 9.47. The standard InChI is InChI=1S/C12H15ClO6S/c1-16-9-5-8(11-7-18-3-4-19-11)6-10(17-2)12(9)20(13,14)15/h5-6,11H,3-4,7H2,1-2H3/t11-/m1/s1. The minimum Gasteiger partial charge on any atom is -0.495 e. The van der Waals surface area contributed by atoms with Crippen molar-refractivity contribution in [1.82, 2.24) is 0 Å². The van der Waals surface area contributed by atoms with Gasteiger partial charge in [0.05, 0.1) is 34.0 Å². The number of ether oxygens (including phenoxy) is 4. The van der Waals surface area contributed by atoms with Gasteiger partial charge in [-0.2, -0.15) is 0 Å². The highest BCUT2D eigenvalue weighted by molar-refractivity contribution is 8.13. The fourth-order valence-corrected chi connectivity index (χ4v) is 3.23. The van der Waals surface area contributed by atoms with Gasteiger partial charge in [-0.25, -0.2) is 8.42 Å². The summed E-state index contributed by atoms with van der Waals surface area (Å²) >= 11 is 0. The smallest absolute Gasteiger partial charge is 0.268 e. The highest BCUT2D eigenvalue weighted by atomic mass is 35.7. The molecule has 0 N–H and O–H groups in total. The van der Waals surface area contributed by atoms with E-state index in [4.69, 9.17) is 29.6 Å². The molecule has 0 radical (unpaired) electrons. The Balaban J connectivity index is 2.52. The van der Waals surface area contributed by atoms with Crippen LogP contribution in [0.15, 0.2) is 17.0 Å². The Hall–Kier alpha value is -1.02. The number of halogens is 1. The zero-order valence-electron chi connectivity index (χ0n) is 11.1. The van der Waals surface area contributed by atoms with E-state index in [9.17, 15) is 8.42 Å². The Kier molecular flexibility index (Phi) is 4.74. The van der Waals surface area contributed by atoms with E-state index in [0.29, 0.717) is 25.4 Å². The molecular weight excluding hydrogens is 308 g/mol. The molecule has 20 heavy (non-hydrogen) atoms. The Morgan fingerprint density at radius 1 is 1.20 bits per heavy atom. The van der Waals surface area contributed by atoms with Gasteiger partial charge in [-0.15, -0.1) is 0 Å². The van der Waals surface area contributed by atoms with Crippen LogP contribution >= 0.6 is 10.7 Å². The van der Waals surface area contributed by atoms with Crippen LogP contribution in [0.5, 0.6) is 11.5 Å². The molecule has 1 fully saturated rings. The molecule has 2 rings (SSSR count). The SMILES string of the molecule is COc1cc([C@H]2COCCO2)cc(OC)c1S(=O)(=O)Cl. The van der Waals surface area contributed by atoms with Gasteiger partial charge in [0.2, 0.25) is 0 Å². The molecule has 1 atom stereocenters. The van der Waals surface area contributed by atoms with Crippen molar-refractivity contribution in [3.8, 4) is 11.5 Å². The van der Waals surface area contributed by atoms with Gasteiger partial charge in [0.15, 0.2) is 4.90 Å². The molecule has 0 unspecified atom stereocenters. The lowest BCUT2D eigenvalue weighted by Gasteiger charge is -2.24. The van der Waals surface area contributed by atoms with Crippen molar-refractivity contribution >= 4 is 19.7 Å². The van der Waals surface area contributed by atoms with E-state index in [1.807, 2.05) is 0 Å². The van der Waals surface area contributed by atoms with Gasteiger partial charge < -0.3 is 18.9 Å². The number of hydrogen-bond donors (Lipinski definition) is 0. The highest BCUT2D eigenvalue weighted by Crippen LogP contribution is 2.39. The Bertz CT molecular complexity index is 555. The van der Waals surface area contributed by atoms with Gasteiger partial charge in [-0.05, 0) is 17.7 Å². The molecule has 0 aliphatic carbocycles. The van der Waals surface area contributed by atoms with Crippen LogP contribution in [0, 0.1) is 0 Å². The van der Waals surface area contributed by atoms with Crippen molar-refractivity contribution in [2.45, 2.75) is 11.0 Å². The maximum atomic E-state index is 11.6. The molecule has 8 heteroatoms. The molecule has 6 nitrogen and oxygen atoms in total. The predicted molar refractivity (Wildman–Crippen MR) is 72.1 cm³/mol. The van der Waals surface area contributed by atoms with E-state index in [1.165, 1.54) is 14.2 Å². The molecule has 1 heterocycles. The van der Waals surface area contributed by atoms with Crippen molar-refractivity contribution in [1.29, 1.82) is 0 Å². The van der Waals surface area contributed by atoms with Crippen LogP contribution in [0.3, 0.4) is 0 Å². The lowest BCUT2D eigenvalue weighted by molar-refractivity contribution is -0.0902. The molecule has 1 aromatic carbocycles. The summed E-state index contributed by atoms with van der Waals surface area (Å²) in [7, 11) is 4.16. The molecule has 1 aliphatic rings. The lowest BCUT2D eigenvalue weighted by atomic mass is 10.1. The monoisotopic (exact) mass is 322 g/mol. The van der Waals surface area contributed by atoms with E-state index in [2.05, 4.69) is 0 Å². The molecule has 0 amide bonds. The molecule has 0 bridgehead atoms. The number of methoxy groups -OCH3 is 2. The zero-order chi connectivity index (χ0) is 14.8. The normalized spacial score (nSPS) is 19.6. The fraction of sp³-hybridized carbons (Fsp3) is 0.500. The quantitative estimate of drug-likeness (QED) is 0.786. The lowest BCUT2D eigenvalue weighted by Crippen LogP contribution is -2.22. The third-order valence-corrected chi connectivity index (χ3v) is 4.27. The summed E-state index contributed by atoms with van der Waals surface area (Å²) < 4.78 is 44.4. The minimum atomic E-state index is -3.99. The Labute approximate surface area is 122 Å². The van der Waals surface area contributed by atoms with E-state index in [-0.39, 0.29) is 22.5 Å². The maximum Gasteiger partial charge on any atom is 0.268 e. The van der Waals surface area contributed by atoms with Crippen LogP contribution in [0.1, 0.15) is 11.7 Å². The van der Waals surface area contributed by atoms with Gasteiger partial charge in [-0.3, -0.25) is 0 Å². The van der Waals surface area contributed by atoms with Crippen molar-refractivity contribution in [2.24, 2.45) is 0 Å². The fourth-order valence-electron chi connectivity index (χ4n) is 2.01.